The van der Waals surface area contributed by atoms with Crippen molar-refractivity contribution < 1.29 is 13.5 Å². The zero-order valence-corrected chi connectivity index (χ0v) is 6.99. The lowest BCUT2D eigenvalue weighted by Crippen LogP contribution is -2.35. The smallest absolute Gasteiger partial charge is 0.283 e. The van der Waals surface area contributed by atoms with Crippen LogP contribution in [0.3, 0.4) is 0 Å². The number of ether oxygens (including phenoxy) is 1. The Morgan fingerprint density at radius 2 is 2.09 bits per heavy atom. The topological polar surface area (TPSA) is 21.3 Å². The van der Waals surface area contributed by atoms with Crippen LogP contribution in [-0.2, 0) is 4.74 Å². The van der Waals surface area contributed by atoms with Gasteiger partial charge in [-0.1, -0.05) is 6.92 Å². The van der Waals surface area contributed by atoms with Gasteiger partial charge in [-0.2, -0.15) is 0 Å². The van der Waals surface area contributed by atoms with Gasteiger partial charge in [-0.3, -0.25) is 0 Å². The number of halogens is 2. The summed E-state index contributed by atoms with van der Waals surface area (Å²) in [5, 5.41) is 2.40. The van der Waals surface area contributed by atoms with Gasteiger partial charge in [0.05, 0.1) is 6.54 Å². The maximum atomic E-state index is 12.6. The molecule has 0 atom stereocenters. The molecule has 0 heterocycles. The molecule has 0 aromatic carbocycles. The van der Waals surface area contributed by atoms with E-state index in [0.717, 1.165) is 6.42 Å². The Morgan fingerprint density at radius 3 is 2.55 bits per heavy atom. The Balaban J connectivity index is 3.38. The molecular formula is C7H15F2NO. The van der Waals surface area contributed by atoms with Crippen LogP contribution in [0.1, 0.15) is 13.3 Å². The molecule has 0 rings (SSSR count). The first kappa shape index (κ1) is 10.8. The lowest BCUT2D eigenvalue weighted by molar-refractivity contribution is -0.0734. The van der Waals surface area contributed by atoms with Crippen molar-refractivity contribution in [2.75, 3.05) is 26.8 Å². The van der Waals surface area contributed by atoms with Crippen molar-refractivity contribution in [1.82, 2.24) is 5.32 Å². The van der Waals surface area contributed by atoms with Crippen molar-refractivity contribution >= 4 is 0 Å². The quantitative estimate of drug-likeness (QED) is 0.601. The molecule has 0 saturated carbocycles. The van der Waals surface area contributed by atoms with Crippen LogP contribution in [0.2, 0.25) is 0 Å². The van der Waals surface area contributed by atoms with E-state index in [9.17, 15) is 8.78 Å². The van der Waals surface area contributed by atoms with Crippen LogP contribution in [0, 0.1) is 0 Å². The predicted molar refractivity (Wildman–Crippen MR) is 40.0 cm³/mol. The average molecular weight is 167 g/mol. The van der Waals surface area contributed by atoms with E-state index >= 15 is 0 Å². The Labute approximate surface area is 65.9 Å². The van der Waals surface area contributed by atoms with Gasteiger partial charge in [0.1, 0.15) is 6.61 Å². The molecule has 0 unspecified atom stereocenters. The molecule has 0 aromatic heterocycles. The molecule has 0 aliphatic rings. The lowest BCUT2D eigenvalue weighted by atomic mass is 10.3. The van der Waals surface area contributed by atoms with Crippen LogP contribution in [-0.4, -0.2) is 32.7 Å². The van der Waals surface area contributed by atoms with E-state index in [0.29, 0.717) is 6.61 Å². The maximum Gasteiger partial charge on any atom is 0.283 e. The highest BCUT2D eigenvalue weighted by Crippen LogP contribution is 2.11. The standard InChI is InChI=1S/C7H15F2NO/c1-3-4-11-6-7(8,9)5-10-2/h10H,3-6H2,1-2H3. The minimum Gasteiger partial charge on any atom is -0.375 e. The second kappa shape index (κ2) is 5.43. The molecule has 68 valence electrons. The SMILES string of the molecule is CCCOCC(F)(F)CNC. The van der Waals surface area contributed by atoms with E-state index in [4.69, 9.17) is 4.74 Å². The molecule has 11 heavy (non-hydrogen) atoms. The van der Waals surface area contributed by atoms with E-state index in [1.807, 2.05) is 6.92 Å². The minimum atomic E-state index is -2.73. The Bertz CT molecular complexity index is 98.4. The van der Waals surface area contributed by atoms with Crippen LogP contribution in [0.15, 0.2) is 0 Å². The van der Waals surface area contributed by atoms with Crippen molar-refractivity contribution in [3.05, 3.63) is 0 Å². The Morgan fingerprint density at radius 1 is 1.45 bits per heavy atom. The molecule has 4 heteroatoms. The van der Waals surface area contributed by atoms with Crippen LogP contribution >= 0.6 is 0 Å². The first-order valence-corrected chi connectivity index (χ1v) is 3.72. The molecule has 1 N–H and O–H groups in total. The van der Waals surface area contributed by atoms with Gasteiger partial charge in [0, 0.05) is 6.61 Å². The first-order chi connectivity index (χ1) is 5.12. The second-order valence-electron chi connectivity index (χ2n) is 2.44. The van der Waals surface area contributed by atoms with E-state index in [1.165, 1.54) is 7.05 Å². The summed E-state index contributed by atoms with van der Waals surface area (Å²) < 4.78 is 29.8. The summed E-state index contributed by atoms with van der Waals surface area (Å²) >= 11 is 0. The molecule has 0 amide bonds. The predicted octanol–water partition coefficient (Wildman–Crippen LogP) is 1.27. The van der Waals surface area contributed by atoms with Gasteiger partial charge in [-0.15, -0.1) is 0 Å². The monoisotopic (exact) mass is 167 g/mol. The van der Waals surface area contributed by atoms with Crippen LogP contribution < -0.4 is 5.32 Å². The van der Waals surface area contributed by atoms with E-state index in [1.54, 1.807) is 0 Å². The summed E-state index contributed by atoms with van der Waals surface area (Å²) in [7, 11) is 1.49. The minimum absolute atomic E-state index is 0.323. The number of nitrogens with one attached hydrogen (secondary N) is 1. The van der Waals surface area contributed by atoms with Gasteiger partial charge >= 0.3 is 0 Å². The molecule has 0 bridgehead atoms. The summed E-state index contributed by atoms with van der Waals surface area (Å²) in [4.78, 5) is 0. The van der Waals surface area contributed by atoms with E-state index in [2.05, 4.69) is 5.32 Å². The average Bonchev–Trinajstić information content (AvgIpc) is 1.87. The zero-order chi connectivity index (χ0) is 8.74. The summed E-state index contributed by atoms with van der Waals surface area (Å²) in [6, 6.07) is 0. The fraction of sp³-hybridized carbons (Fsp3) is 1.00. The second-order valence-corrected chi connectivity index (χ2v) is 2.44. The Kier molecular flexibility index (Phi) is 5.32. The van der Waals surface area contributed by atoms with Crippen molar-refractivity contribution in [2.24, 2.45) is 0 Å². The number of alkyl halides is 2. The Hall–Kier alpha value is -0.220. The van der Waals surface area contributed by atoms with E-state index < -0.39 is 12.5 Å². The van der Waals surface area contributed by atoms with Crippen molar-refractivity contribution in [3.63, 3.8) is 0 Å². The fourth-order valence-corrected chi connectivity index (χ4v) is 0.675. The normalized spacial score (nSPS) is 12.0. The van der Waals surface area contributed by atoms with Gasteiger partial charge in [0.25, 0.3) is 5.92 Å². The van der Waals surface area contributed by atoms with Gasteiger partial charge < -0.3 is 10.1 Å². The van der Waals surface area contributed by atoms with Gasteiger partial charge in [-0.25, -0.2) is 8.78 Å². The lowest BCUT2D eigenvalue weighted by Gasteiger charge is -2.15. The zero-order valence-electron chi connectivity index (χ0n) is 6.99. The first-order valence-electron chi connectivity index (χ1n) is 3.72. The molecule has 0 spiro atoms. The van der Waals surface area contributed by atoms with Crippen LogP contribution in [0.4, 0.5) is 8.78 Å². The summed E-state index contributed by atoms with van der Waals surface area (Å²) in [6.07, 6.45) is 0.773. The third-order valence-corrected chi connectivity index (χ3v) is 1.10. The van der Waals surface area contributed by atoms with E-state index in [-0.39, 0.29) is 6.54 Å². The molecule has 0 saturated heterocycles. The fourth-order valence-electron chi connectivity index (χ4n) is 0.675. The molecule has 0 radical (unpaired) electrons. The van der Waals surface area contributed by atoms with Crippen LogP contribution in [0.5, 0.6) is 0 Å². The summed E-state index contributed by atoms with van der Waals surface area (Å²) in [5.74, 6) is -2.73. The molecular weight excluding hydrogens is 152 g/mol. The van der Waals surface area contributed by atoms with Crippen molar-refractivity contribution in [1.29, 1.82) is 0 Å². The number of rotatable bonds is 6. The van der Waals surface area contributed by atoms with Gasteiger partial charge in [0.15, 0.2) is 0 Å². The molecule has 2 nitrogen and oxygen atoms in total. The highest BCUT2D eigenvalue weighted by Gasteiger charge is 2.27. The molecule has 0 aliphatic heterocycles. The molecule has 0 aromatic rings. The molecule has 0 fully saturated rings. The number of hydrogen-bond donors (Lipinski definition) is 1. The third kappa shape index (κ3) is 6.19. The van der Waals surface area contributed by atoms with Crippen LogP contribution in [0.25, 0.3) is 0 Å². The maximum absolute atomic E-state index is 12.6. The van der Waals surface area contributed by atoms with Crippen molar-refractivity contribution in [3.8, 4) is 0 Å². The number of hydrogen-bond acceptors (Lipinski definition) is 2. The van der Waals surface area contributed by atoms with Crippen molar-refractivity contribution in [2.45, 2.75) is 19.3 Å². The van der Waals surface area contributed by atoms with Gasteiger partial charge in [0.2, 0.25) is 0 Å². The summed E-state index contributed by atoms with van der Waals surface area (Å²) in [5.41, 5.74) is 0. The summed E-state index contributed by atoms with van der Waals surface area (Å²) in [6.45, 7) is 1.48. The highest BCUT2D eigenvalue weighted by molar-refractivity contribution is 4.66. The highest BCUT2D eigenvalue weighted by atomic mass is 19.3. The largest absolute Gasteiger partial charge is 0.375 e. The van der Waals surface area contributed by atoms with Gasteiger partial charge in [-0.05, 0) is 13.5 Å². The third-order valence-electron chi connectivity index (χ3n) is 1.10. The molecule has 0 aliphatic carbocycles.